The number of anilines is 2. The highest BCUT2D eigenvalue weighted by atomic mass is 32.2. The van der Waals surface area contributed by atoms with Crippen molar-refractivity contribution in [3.63, 3.8) is 0 Å². The predicted octanol–water partition coefficient (Wildman–Crippen LogP) is 2.97. The molecule has 1 aromatic heterocycles. The molecule has 0 atom stereocenters. The third-order valence-corrected chi connectivity index (χ3v) is 6.72. The molecule has 0 radical (unpaired) electrons. The number of sulfonamides is 1. The van der Waals surface area contributed by atoms with E-state index in [0.717, 1.165) is 6.07 Å². The first kappa shape index (κ1) is 23.9. The second kappa shape index (κ2) is 9.55. The Balaban J connectivity index is 1.41. The number of aryl methyl sites for hydroxylation is 2. The van der Waals surface area contributed by atoms with Gasteiger partial charge in [0.05, 0.1) is 15.8 Å². The molecule has 0 unspecified atom stereocenters. The standard InChI is InChI=1S/C24H21FN4O5S/c1-15-6-11-18(14-20(15)25)35(33,34)28-17-9-7-16(8-10-17)26-22(30)12-13-29-21-5-3-2-4-19(21)23(31)27-24(29)32/h2-11,14,28H,12-13H2,1H3,(H,26,30)(H,27,31,32). The number of nitrogens with zero attached hydrogens (tertiary/aromatic N) is 1. The molecule has 1 amide bonds. The summed E-state index contributed by atoms with van der Waals surface area (Å²) >= 11 is 0. The highest BCUT2D eigenvalue weighted by Crippen LogP contribution is 2.20. The van der Waals surface area contributed by atoms with Crippen LogP contribution in [0.2, 0.25) is 0 Å². The Bertz CT molecular complexity index is 1640. The molecule has 4 rings (SSSR count). The molecule has 11 heteroatoms. The fourth-order valence-electron chi connectivity index (χ4n) is 3.48. The molecule has 0 saturated heterocycles. The number of rotatable bonds is 7. The summed E-state index contributed by atoms with van der Waals surface area (Å²) in [6.07, 6.45) is -0.0384. The van der Waals surface area contributed by atoms with Crippen LogP contribution in [0.25, 0.3) is 10.9 Å². The maximum atomic E-state index is 13.7. The van der Waals surface area contributed by atoms with Crippen LogP contribution in [0.4, 0.5) is 15.8 Å². The number of benzene rings is 3. The molecule has 0 aliphatic heterocycles. The molecule has 180 valence electrons. The largest absolute Gasteiger partial charge is 0.328 e. The summed E-state index contributed by atoms with van der Waals surface area (Å²) < 4.78 is 42.4. The lowest BCUT2D eigenvalue weighted by Crippen LogP contribution is -2.31. The van der Waals surface area contributed by atoms with Gasteiger partial charge < -0.3 is 5.32 Å². The van der Waals surface area contributed by atoms with Gasteiger partial charge in [-0.3, -0.25) is 23.9 Å². The predicted molar refractivity (Wildman–Crippen MR) is 130 cm³/mol. The molecule has 0 saturated carbocycles. The average molecular weight is 497 g/mol. The number of H-pyrrole nitrogens is 1. The monoisotopic (exact) mass is 496 g/mol. The molecule has 3 aromatic carbocycles. The van der Waals surface area contributed by atoms with Crippen LogP contribution in [0, 0.1) is 12.7 Å². The Labute approximate surface area is 199 Å². The van der Waals surface area contributed by atoms with Crippen molar-refractivity contribution in [1.82, 2.24) is 9.55 Å². The van der Waals surface area contributed by atoms with E-state index in [1.54, 1.807) is 24.3 Å². The SMILES string of the molecule is Cc1ccc(S(=O)(=O)Nc2ccc(NC(=O)CCn3c(=O)[nH]c(=O)c4ccccc43)cc2)cc1F. The van der Waals surface area contributed by atoms with E-state index >= 15 is 0 Å². The fourth-order valence-corrected chi connectivity index (χ4v) is 4.55. The van der Waals surface area contributed by atoms with Gasteiger partial charge in [-0.25, -0.2) is 17.6 Å². The lowest BCUT2D eigenvalue weighted by atomic mass is 10.2. The molecule has 3 N–H and O–H groups in total. The summed E-state index contributed by atoms with van der Waals surface area (Å²) in [5, 5.41) is 3.02. The van der Waals surface area contributed by atoms with E-state index in [-0.39, 0.29) is 29.5 Å². The quantitative estimate of drug-likeness (QED) is 0.362. The minimum atomic E-state index is -3.99. The van der Waals surface area contributed by atoms with Gasteiger partial charge in [-0.1, -0.05) is 18.2 Å². The number of aromatic nitrogens is 2. The van der Waals surface area contributed by atoms with Gasteiger partial charge >= 0.3 is 5.69 Å². The van der Waals surface area contributed by atoms with Crippen LogP contribution in [0.1, 0.15) is 12.0 Å². The number of carbonyl (C=O) groups excluding carboxylic acids is 1. The van der Waals surface area contributed by atoms with Gasteiger partial charge in [-0.2, -0.15) is 0 Å². The van der Waals surface area contributed by atoms with Crippen molar-refractivity contribution in [3.8, 4) is 0 Å². The maximum absolute atomic E-state index is 13.7. The highest BCUT2D eigenvalue weighted by Gasteiger charge is 2.16. The molecule has 4 aromatic rings. The summed E-state index contributed by atoms with van der Waals surface area (Å²) in [6, 6.07) is 16.2. The normalized spacial score (nSPS) is 11.4. The van der Waals surface area contributed by atoms with Crippen LogP contribution in [0.5, 0.6) is 0 Å². The smallest absolute Gasteiger partial charge is 0.326 e. The molecule has 9 nitrogen and oxygen atoms in total. The van der Waals surface area contributed by atoms with Gasteiger partial charge in [0.2, 0.25) is 5.91 Å². The van der Waals surface area contributed by atoms with E-state index in [4.69, 9.17) is 0 Å². The topological polar surface area (TPSA) is 130 Å². The van der Waals surface area contributed by atoms with Gasteiger partial charge in [0.15, 0.2) is 0 Å². The first-order valence-electron chi connectivity index (χ1n) is 10.5. The van der Waals surface area contributed by atoms with E-state index in [0.29, 0.717) is 22.2 Å². The second-order valence-corrected chi connectivity index (χ2v) is 9.50. The van der Waals surface area contributed by atoms with Crippen LogP contribution in [0.3, 0.4) is 0 Å². The summed E-state index contributed by atoms with van der Waals surface area (Å²) in [7, 11) is -3.99. The van der Waals surface area contributed by atoms with Crippen LogP contribution in [0.15, 0.2) is 81.2 Å². The number of fused-ring (bicyclic) bond motifs is 1. The van der Waals surface area contributed by atoms with Crippen molar-refractivity contribution in [2.75, 3.05) is 10.0 Å². The van der Waals surface area contributed by atoms with Crippen molar-refractivity contribution in [2.45, 2.75) is 24.8 Å². The summed E-state index contributed by atoms with van der Waals surface area (Å²) in [4.78, 5) is 38.6. The first-order chi connectivity index (χ1) is 16.6. The Morgan fingerprint density at radius 1 is 1.00 bits per heavy atom. The minimum Gasteiger partial charge on any atom is -0.326 e. The number of para-hydroxylation sites is 1. The second-order valence-electron chi connectivity index (χ2n) is 7.82. The van der Waals surface area contributed by atoms with Crippen molar-refractivity contribution in [2.24, 2.45) is 0 Å². The molecule has 0 aliphatic rings. The molecule has 0 spiro atoms. The van der Waals surface area contributed by atoms with Crippen LogP contribution < -0.4 is 21.3 Å². The molecular weight excluding hydrogens is 475 g/mol. The fraction of sp³-hybridized carbons (Fsp3) is 0.125. The van der Waals surface area contributed by atoms with Crippen LogP contribution >= 0.6 is 0 Å². The van der Waals surface area contributed by atoms with E-state index in [9.17, 15) is 27.2 Å². The zero-order valence-corrected chi connectivity index (χ0v) is 19.4. The summed E-state index contributed by atoms with van der Waals surface area (Å²) in [6.45, 7) is 1.58. The van der Waals surface area contributed by atoms with Crippen molar-refractivity contribution >= 4 is 38.2 Å². The third kappa shape index (κ3) is 5.30. The Hall–Kier alpha value is -4.25. The van der Waals surface area contributed by atoms with E-state index in [1.165, 1.54) is 47.9 Å². The number of hydrogen-bond acceptors (Lipinski definition) is 5. The highest BCUT2D eigenvalue weighted by molar-refractivity contribution is 7.92. The Morgan fingerprint density at radius 3 is 2.40 bits per heavy atom. The Kier molecular flexibility index (Phi) is 6.52. The molecule has 0 fully saturated rings. The van der Waals surface area contributed by atoms with Crippen LogP contribution in [-0.4, -0.2) is 23.9 Å². The van der Waals surface area contributed by atoms with Gasteiger partial charge in [0.1, 0.15) is 5.82 Å². The number of halogens is 1. The summed E-state index contributed by atoms with van der Waals surface area (Å²) in [5.74, 6) is -1.00. The molecule has 0 aliphatic carbocycles. The number of hydrogen-bond donors (Lipinski definition) is 3. The third-order valence-electron chi connectivity index (χ3n) is 5.34. The first-order valence-corrected chi connectivity index (χ1v) is 12.0. The van der Waals surface area contributed by atoms with E-state index < -0.39 is 27.1 Å². The molecule has 1 heterocycles. The Morgan fingerprint density at radius 2 is 1.69 bits per heavy atom. The molecule has 0 bridgehead atoms. The minimum absolute atomic E-state index is 0.0384. The maximum Gasteiger partial charge on any atom is 0.328 e. The van der Waals surface area contributed by atoms with Gasteiger partial charge in [-0.15, -0.1) is 0 Å². The zero-order chi connectivity index (χ0) is 25.2. The summed E-state index contributed by atoms with van der Waals surface area (Å²) in [5.41, 5.74) is 0.316. The van der Waals surface area contributed by atoms with Crippen molar-refractivity contribution in [1.29, 1.82) is 0 Å². The number of aromatic amines is 1. The molecule has 35 heavy (non-hydrogen) atoms. The van der Waals surface area contributed by atoms with E-state index in [2.05, 4.69) is 15.0 Å². The number of carbonyl (C=O) groups is 1. The number of nitrogens with one attached hydrogen (secondary N) is 3. The van der Waals surface area contributed by atoms with Crippen molar-refractivity contribution < 1.29 is 17.6 Å². The van der Waals surface area contributed by atoms with Crippen LogP contribution in [-0.2, 0) is 21.4 Å². The lowest BCUT2D eigenvalue weighted by molar-refractivity contribution is -0.116. The number of amides is 1. The van der Waals surface area contributed by atoms with Crippen molar-refractivity contribution in [3.05, 3.63) is 98.9 Å². The average Bonchev–Trinajstić information content (AvgIpc) is 2.81. The molecular formula is C24H21FN4O5S. The lowest BCUT2D eigenvalue weighted by Gasteiger charge is -2.11. The zero-order valence-electron chi connectivity index (χ0n) is 18.5. The van der Waals surface area contributed by atoms with E-state index in [1.807, 2.05) is 0 Å². The van der Waals surface area contributed by atoms with Gasteiger partial charge in [-0.05, 0) is 61.0 Å². The van der Waals surface area contributed by atoms with Gasteiger partial charge in [0.25, 0.3) is 15.6 Å². The van der Waals surface area contributed by atoms with Gasteiger partial charge in [0, 0.05) is 24.3 Å².